The van der Waals surface area contributed by atoms with Crippen molar-refractivity contribution in [2.45, 2.75) is 119 Å². The first-order valence-corrected chi connectivity index (χ1v) is 16.6. The van der Waals surface area contributed by atoms with Crippen LogP contribution in [0.2, 0.25) is 13.1 Å². The number of benzene rings is 2. The second-order valence-electron chi connectivity index (χ2n) is 14.2. The van der Waals surface area contributed by atoms with E-state index >= 15 is 0 Å². The van der Waals surface area contributed by atoms with Gasteiger partial charge in [0.1, 0.15) is 0 Å². The van der Waals surface area contributed by atoms with E-state index in [0.29, 0.717) is 0 Å². The zero-order valence-corrected chi connectivity index (χ0v) is 32.4. The molecule has 0 heterocycles. The van der Waals surface area contributed by atoms with Crippen molar-refractivity contribution in [3.8, 4) is 11.1 Å². The van der Waals surface area contributed by atoms with Crippen LogP contribution in [0.1, 0.15) is 99.4 Å². The minimum atomic E-state index is 0. The summed E-state index contributed by atoms with van der Waals surface area (Å²) in [6.45, 7) is 31.7. The van der Waals surface area contributed by atoms with Crippen molar-refractivity contribution in [2.24, 2.45) is 0 Å². The molecular weight excluding hydrogens is 663 g/mol. The summed E-state index contributed by atoms with van der Waals surface area (Å²) in [6.07, 6.45) is 1.20. The SMILES string of the molecule is C[Si]C.Cc1[cH-]c(C)c(C)c1C.Cc1cc2c(-c3ccc(C(C)(C)C)cc3)c3c(cc2[cH-]1)C(C)(C)CC3(C)C.[Hf]. The van der Waals surface area contributed by atoms with E-state index in [4.69, 9.17) is 0 Å². The van der Waals surface area contributed by atoms with Crippen molar-refractivity contribution in [2.75, 3.05) is 0 Å². The summed E-state index contributed by atoms with van der Waals surface area (Å²) < 4.78 is 0. The summed E-state index contributed by atoms with van der Waals surface area (Å²) in [5.41, 5.74) is 15.0. The fourth-order valence-electron chi connectivity index (χ4n) is 6.60. The molecule has 0 bridgehead atoms. The molecule has 2 heteroatoms. The molecule has 40 heavy (non-hydrogen) atoms. The number of hydrogen-bond donors (Lipinski definition) is 0. The molecule has 0 aliphatic heterocycles. The van der Waals surface area contributed by atoms with E-state index in [9.17, 15) is 0 Å². The third kappa shape index (κ3) is 7.09. The molecule has 4 aromatic rings. The molecule has 0 saturated heterocycles. The van der Waals surface area contributed by atoms with Crippen LogP contribution in [0.15, 0.2) is 48.5 Å². The van der Waals surface area contributed by atoms with E-state index in [1.807, 2.05) is 0 Å². The van der Waals surface area contributed by atoms with E-state index < -0.39 is 0 Å². The van der Waals surface area contributed by atoms with Crippen LogP contribution in [-0.2, 0) is 42.1 Å². The molecule has 2 radical (unpaired) electrons. The van der Waals surface area contributed by atoms with Crippen molar-refractivity contribution in [1.29, 1.82) is 0 Å². The fraction of sp³-hybridized carbons (Fsp3) is 0.474. The van der Waals surface area contributed by atoms with Gasteiger partial charge in [0, 0.05) is 35.4 Å². The molecule has 0 atom stereocenters. The molecule has 0 N–H and O–H groups in total. The topological polar surface area (TPSA) is 0 Å². The van der Waals surface area contributed by atoms with Crippen LogP contribution in [0.3, 0.4) is 0 Å². The number of aryl methyl sites for hydroxylation is 3. The maximum Gasteiger partial charge on any atom is 0.0307 e. The van der Waals surface area contributed by atoms with Gasteiger partial charge in [-0.2, -0.15) is 34.4 Å². The Bertz CT molecular complexity index is 1410. The van der Waals surface area contributed by atoms with Gasteiger partial charge in [0.15, 0.2) is 0 Å². The zero-order valence-electron chi connectivity index (χ0n) is 27.8. The van der Waals surface area contributed by atoms with Gasteiger partial charge in [0.05, 0.1) is 0 Å². The van der Waals surface area contributed by atoms with Gasteiger partial charge in [0.2, 0.25) is 0 Å². The normalized spacial score (nSPS) is 14.9. The van der Waals surface area contributed by atoms with Gasteiger partial charge in [0.25, 0.3) is 0 Å². The van der Waals surface area contributed by atoms with E-state index in [-0.39, 0.29) is 42.1 Å². The van der Waals surface area contributed by atoms with Crippen molar-refractivity contribution in [1.82, 2.24) is 0 Å². The molecule has 0 amide bonds. The van der Waals surface area contributed by atoms with Gasteiger partial charge in [-0.1, -0.05) is 132 Å². The number of hydrogen-bond acceptors (Lipinski definition) is 0. The van der Waals surface area contributed by atoms with Gasteiger partial charge in [-0.05, 0) is 39.4 Å². The van der Waals surface area contributed by atoms with Crippen LogP contribution < -0.4 is 0 Å². The zero-order chi connectivity index (χ0) is 29.5. The number of fused-ring (bicyclic) bond motifs is 2. The molecule has 0 saturated carbocycles. The maximum absolute atomic E-state index is 2.47. The minimum Gasteiger partial charge on any atom is -0.196 e. The quantitative estimate of drug-likeness (QED) is 0.136. The number of rotatable bonds is 1. The maximum atomic E-state index is 2.47. The summed E-state index contributed by atoms with van der Waals surface area (Å²) >= 11 is 0. The summed E-state index contributed by atoms with van der Waals surface area (Å²) in [5, 5.41) is 2.81. The molecule has 0 nitrogen and oxygen atoms in total. The second-order valence-corrected chi connectivity index (χ2v) is 15.2. The molecule has 0 aromatic heterocycles. The molecule has 0 fully saturated rings. The Labute approximate surface area is 267 Å². The van der Waals surface area contributed by atoms with E-state index in [1.54, 1.807) is 11.1 Å². The largest absolute Gasteiger partial charge is 0.196 e. The Morgan fingerprint density at radius 2 is 1.25 bits per heavy atom. The van der Waals surface area contributed by atoms with Gasteiger partial charge < -0.3 is 0 Å². The average molecular weight is 715 g/mol. The van der Waals surface area contributed by atoms with E-state index in [2.05, 4.69) is 145 Å². The smallest absolute Gasteiger partial charge is 0.0307 e. The van der Waals surface area contributed by atoms with Crippen molar-refractivity contribution >= 4 is 20.3 Å². The Morgan fingerprint density at radius 1 is 0.750 bits per heavy atom. The first-order chi connectivity index (χ1) is 17.9. The second kappa shape index (κ2) is 12.8. The Kier molecular flexibility index (Phi) is 11.1. The van der Waals surface area contributed by atoms with Crippen LogP contribution in [0, 0.1) is 34.6 Å². The first kappa shape index (κ1) is 34.7. The van der Waals surface area contributed by atoms with Gasteiger partial charge in [-0.15, -0.1) is 28.5 Å². The van der Waals surface area contributed by atoms with Crippen LogP contribution in [0.25, 0.3) is 21.9 Å². The molecule has 1 aliphatic rings. The monoisotopic (exact) mass is 716 g/mol. The van der Waals surface area contributed by atoms with Gasteiger partial charge in [-0.25, -0.2) is 0 Å². The average Bonchev–Trinajstić information content (AvgIpc) is 3.37. The van der Waals surface area contributed by atoms with Gasteiger partial charge in [-0.3, -0.25) is 0 Å². The molecule has 4 aromatic carbocycles. The predicted octanol–water partition coefficient (Wildman–Crippen LogP) is 11.2. The van der Waals surface area contributed by atoms with Crippen LogP contribution in [0.4, 0.5) is 0 Å². The van der Waals surface area contributed by atoms with Crippen molar-refractivity contribution in [3.05, 3.63) is 93.0 Å². The molecule has 214 valence electrons. The molecule has 5 rings (SSSR count). The Morgan fingerprint density at radius 3 is 1.68 bits per heavy atom. The Balaban J connectivity index is 0.000000362. The molecular formula is C38H52HfSi-2. The molecule has 0 spiro atoms. The standard InChI is InChI=1S/C27H33.C9H13.C2H6Si.Hf/c1-17-13-19-15-22-24(27(7,8)16-26(22,5)6)23(21(19)14-17)18-9-11-20(12-10-18)25(2,3)4;1-6-5-7(2)9(4)8(6)3;1-3-2;/h9-15H,16H2,1-8H3;5H,1-4H3;1-2H3;/q2*-1;;. The third-order valence-electron chi connectivity index (χ3n) is 8.66. The molecule has 1 aliphatic carbocycles. The van der Waals surface area contributed by atoms with E-state index in [1.165, 1.54) is 61.7 Å². The molecule has 0 unspecified atom stereocenters. The summed E-state index contributed by atoms with van der Waals surface area (Å²) in [7, 11) is 1.08. The fourth-order valence-corrected chi connectivity index (χ4v) is 6.60. The van der Waals surface area contributed by atoms with Crippen LogP contribution in [0.5, 0.6) is 0 Å². The van der Waals surface area contributed by atoms with Crippen molar-refractivity contribution < 1.29 is 25.8 Å². The third-order valence-corrected chi connectivity index (χ3v) is 8.66. The van der Waals surface area contributed by atoms with Crippen LogP contribution in [-0.4, -0.2) is 9.52 Å². The summed E-state index contributed by atoms with van der Waals surface area (Å²) in [4.78, 5) is 0. The van der Waals surface area contributed by atoms with E-state index in [0.717, 1.165) is 9.52 Å². The summed E-state index contributed by atoms with van der Waals surface area (Å²) in [5.74, 6) is 0. The predicted molar refractivity (Wildman–Crippen MR) is 178 cm³/mol. The van der Waals surface area contributed by atoms with Crippen molar-refractivity contribution in [3.63, 3.8) is 0 Å². The summed E-state index contributed by atoms with van der Waals surface area (Å²) in [6, 6.07) is 18.8. The van der Waals surface area contributed by atoms with Crippen LogP contribution >= 0.6 is 0 Å². The van der Waals surface area contributed by atoms with Gasteiger partial charge >= 0.3 is 0 Å². The minimum absolute atomic E-state index is 0. The Hall–Kier alpha value is -1.51. The first-order valence-electron chi connectivity index (χ1n) is 14.6.